The highest BCUT2D eigenvalue weighted by Gasteiger charge is 2.15. The van der Waals surface area contributed by atoms with Crippen LogP contribution in [0, 0.1) is 11.2 Å². The molecular formula is C13H17FO. The fourth-order valence-electron chi connectivity index (χ4n) is 1.31. The Hall–Kier alpha value is -1.18. The third-order valence-electron chi connectivity index (χ3n) is 2.28. The minimum Gasteiger partial charge on any atom is -0.294 e. The molecule has 1 rings (SSSR count). The van der Waals surface area contributed by atoms with Crippen LogP contribution >= 0.6 is 0 Å². The minimum absolute atomic E-state index is 0.108. The zero-order valence-electron chi connectivity index (χ0n) is 9.51. The van der Waals surface area contributed by atoms with Crippen molar-refractivity contribution in [2.45, 2.75) is 33.6 Å². The van der Waals surface area contributed by atoms with E-state index in [0.717, 1.165) is 6.42 Å². The van der Waals surface area contributed by atoms with E-state index in [2.05, 4.69) is 20.8 Å². The van der Waals surface area contributed by atoms with Crippen LogP contribution in [0.3, 0.4) is 0 Å². The van der Waals surface area contributed by atoms with Crippen LogP contribution < -0.4 is 0 Å². The molecule has 0 saturated carbocycles. The lowest BCUT2D eigenvalue weighted by molar-refractivity contribution is 0.0962. The lowest BCUT2D eigenvalue weighted by Gasteiger charge is -2.17. The van der Waals surface area contributed by atoms with Crippen molar-refractivity contribution in [3.63, 3.8) is 0 Å². The van der Waals surface area contributed by atoms with Gasteiger partial charge in [-0.25, -0.2) is 4.39 Å². The summed E-state index contributed by atoms with van der Waals surface area (Å²) in [6.07, 6.45) is 1.19. The van der Waals surface area contributed by atoms with E-state index in [4.69, 9.17) is 0 Å². The SMILES string of the molecule is CC(C)(C)CCC(=O)c1ccccc1F. The Morgan fingerprint density at radius 1 is 1.27 bits per heavy atom. The smallest absolute Gasteiger partial charge is 0.165 e. The number of Topliss-reactive ketones (excluding diaryl/α,β-unsaturated/α-hetero) is 1. The van der Waals surface area contributed by atoms with Crippen molar-refractivity contribution < 1.29 is 9.18 Å². The number of hydrogen-bond donors (Lipinski definition) is 0. The average molecular weight is 208 g/mol. The lowest BCUT2D eigenvalue weighted by Crippen LogP contribution is -2.10. The van der Waals surface area contributed by atoms with Crippen LogP contribution in [0.25, 0.3) is 0 Å². The van der Waals surface area contributed by atoms with E-state index < -0.39 is 5.82 Å². The first-order valence-electron chi connectivity index (χ1n) is 5.18. The molecule has 0 aliphatic rings. The standard InChI is InChI=1S/C13H17FO/c1-13(2,3)9-8-12(15)10-6-4-5-7-11(10)14/h4-7H,8-9H2,1-3H3. The zero-order valence-corrected chi connectivity index (χ0v) is 9.51. The number of rotatable bonds is 3. The molecule has 0 aromatic heterocycles. The molecule has 0 atom stereocenters. The quantitative estimate of drug-likeness (QED) is 0.690. The highest BCUT2D eigenvalue weighted by atomic mass is 19.1. The summed E-state index contributed by atoms with van der Waals surface area (Å²) in [6.45, 7) is 6.21. The van der Waals surface area contributed by atoms with Crippen molar-refractivity contribution in [3.8, 4) is 0 Å². The number of carbonyl (C=O) groups is 1. The predicted octanol–water partition coefficient (Wildman–Crippen LogP) is 3.83. The summed E-state index contributed by atoms with van der Waals surface area (Å²) in [7, 11) is 0. The van der Waals surface area contributed by atoms with Gasteiger partial charge in [-0.05, 0) is 24.0 Å². The van der Waals surface area contributed by atoms with Gasteiger partial charge in [-0.15, -0.1) is 0 Å². The van der Waals surface area contributed by atoms with E-state index in [1.54, 1.807) is 18.2 Å². The van der Waals surface area contributed by atoms with Crippen LogP contribution in [-0.4, -0.2) is 5.78 Å². The van der Waals surface area contributed by atoms with Gasteiger partial charge in [0.15, 0.2) is 5.78 Å². The fraction of sp³-hybridized carbons (Fsp3) is 0.462. The van der Waals surface area contributed by atoms with E-state index in [1.165, 1.54) is 6.07 Å². The first-order chi connectivity index (χ1) is 6.90. The second kappa shape index (κ2) is 4.56. The summed E-state index contributed by atoms with van der Waals surface area (Å²) in [6, 6.07) is 6.15. The molecule has 0 aliphatic carbocycles. The molecule has 82 valence electrons. The third kappa shape index (κ3) is 3.82. The van der Waals surface area contributed by atoms with Crippen molar-refractivity contribution in [2.24, 2.45) is 5.41 Å². The zero-order chi connectivity index (χ0) is 11.5. The maximum absolute atomic E-state index is 13.2. The highest BCUT2D eigenvalue weighted by molar-refractivity contribution is 5.96. The van der Waals surface area contributed by atoms with Crippen LogP contribution in [0.2, 0.25) is 0 Å². The van der Waals surface area contributed by atoms with Gasteiger partial charge in [-0.1, -0.05) is 32.9 Å². The summed E-state index contributed by atoms with van der Waals surface area (Å²) >= 11 is 0. The largest absolute Gasteiger partial charge is 0.294 e. The maximum Gasteiger partial charge on any atom is 0.165 e. The number of benzene rings is 1. The average Bonchev–Trinajstić information content (AvgIpc) is 2.14. The van der Waals surface area contributed by atoms with Gasteiger partial charge >= 0.3 is 0 Å². The molecule has 15 heavy (non-hydrogen) atoms. The van der Waals surface area contributed by atoms with E-state index in [9.17, 15) is 9.18 Å². The Kier molecular flexibility index (Phi) is 3.61. The van der Waals surface area contributed by atoms with Gasteiger partial charge in [0.25, 0.3) is 0 Å². The molecule has 0 aliphatic heterocycles. The normalized spacial score (nSPS) is 11.5. The van der Waals surface area contributed by atoms with Crippen LogP contribution in [0.5, 0.6) is 0 Å². The molecule has 1 aromatic rings. The fourth-order valence-corrected chi connectivity index (χ4v) is 1.31. The van der Waals surface area contributed by atoms with Gasteiger partial charge in [0, 0.05) is 6.42 Å². The summed E-state index contributed by atoms with van der Waals surface area (Å²) in [5.74, 6) is -0.528. The van der Waals surface area contributed by atoms with Crippen LogP contribution in [-0.2, 0) is 0 Å². The Labute approximate surface area is 90.3 Å². The van der Waals surface area contributed by atoms with Gasteiger partial charge in [0.05, 0.1) is 5.56 Å². The van der Waals surface area contributed by atoms with E-state index in [0.29, 0.717) is 6.42 Å². The molecule has 0 unspecified atom stereocenters. The van der Waals surface area contributed by atoms with Gasteiger partial charge in [-0.2, -0.15) is 0 Å². The molecule has 0 heterocycles. The number of hydrogen-bond acceptors (Lipinski definition) is 1. The Bertz CT molecular complexity index is 350. The van der Waals surface area contributed by atoms with E-state index in [-0.39, 0.29) is 16.8 Å². The van der Waals surface area contributed by atoms with Crippen molar-refractivity contribution in [3.05, 3.63) is 35.6 Å². The van der Waals surface area contributed by atoms with Crippen molar-refractivity contribution in [1.82, 2.24) is 0 Å². The number of carbonyl (C=O) groups excluding carboxylic acids is 1. The Morgan fingerprint density at radius 3 is 2.40 bits per heavy atom. The second-order valence-electron chi connectivity index (χ2n) is 4.96. The molecule has 0 fully saturated rings. The molecule has 0 saturated heterocycles. The first-order valence-corrected chi connectivity index (χ1v) is 5.18. The molecule has 0 spiro atoms. The molecule has 0 amide bonds. The summed E-state index contributed by atoms with van der Waals surface area (Å²) in [5.41, 5.74) is 0.322. The van der Waals surface area contributed by atoms with Crippen LogP contribution in [0.1, 0.15) is 44.0 Å². The van der Waals surface area contributed by atoms with Gasteiger partial charge in [0.1, 0.15) is 5.82 Å². The molecule has 0 N–H and O–H groups in total. The molecule has 1 nitrogen and oxygen atoms in total. The monoisotopic (exact) mass is 208 g/mol. The minimum atomic E-state index is -0.420. The molecular weight excluding hydrogens is 191 g/mol. The van der Waals surface area contributed by atoms with E-state index in [1.807, 2.05) is 0 Å². The van der Waals surface area contributed by atoms with Crippen molar-refractivity contribution in [1.29, 1.82) is 0 Å². The topological polar surface area (TPSA) is 17.1 Å². The van der Waals surface area contributed by atoms with Crippen molar-refractivity contribution in [2.75, 3.05) is 0 Å². The third-order valence-corrected chi connectivity index (χ3v) is 2.28. The molecule has 0 radical (unpaired) electrons. The number of ketones is 1. The first kappa shape index (κ1) is 11.9. The highest BCUT2D eigenvalue weighted by Crippen LogP contribution is 2.22. The van der Waals surface area contributed by atoms with E-state index >= 15 is 0 Å². The summed E-state index contributed by atoms with van der Waals surface area (Å²) in [4.78, 5) is 11.7. The Morgan fingerprint density at radius 2 is 1.87 bits per heavy atom. The molecule has 2 heteroatoms. The molecule has 1 aromatic carbocycles. The number of halogens is 1. The van der Waals surface area contributed by atoms with Gasteiger partial charge in [-0.3, -0.25) is 4.79 Å². The Balaban J connectivity index is 2.66. The summed E-state index contributed by atoms with van der Waals surface area (Å²) < 4.78 is 13.2. The second-order valence-corrected chi connectivity index (χ2v) is 4.96. The lowest BCUT2D eigenvalue weighted by atomic mass is 9.88. The van der Waals surface area contributed by atoms with Gasteiger partial charge < -0.3 is 0 Å². The van der Waals surface area contributed by atoms with Crippen LogP contribution in [0.4, 0.5) is 4.39 Å². The maximum atomic E-state index is 13.2. The summed E-state index contributed by atoms with van der Waals surface area (Å²) in [5, 5.41) is 0. The molecule has 0 bridgehead atoms. The van der Waals surface area contributed by atoms with Crippen LogP contribution in [0.15, 0.2) is 24.3 Å². The van der Waals surface area contributed by atoms with Crippen molar-refractivity contribution >= 4 is 5.78 Å². The van der Waals surface area contributed by atoms with Gasteiger partial charge in [0.2, 0.25) is 0 Å². The predicted molar refractivity (Wildman–Crippen MR) is 59.4 cm³/mol.